The fourth-order valence-electron chi connectivity index (χ4n) is 18.0. The predicted molar refractivity (Wildman–Crippen MR) is 513 cm³/mol. The molecule has 0 aliphatic heterocycles. The molecule has 1 N–H and O–H groups in total. The highest BCUT2D eigenvalue weighted by Crippen LogP contribution is 2.55. The van der Waals surface area contributed by atoms with E-state index in [0.717, 1.165) is 181 Å². The first-order valence-corrected chi connectivity index (χ1v) is 44.8. The molecule has 6 aromatic heterocycles. The minimum absolute atomic E-state index is 0.170. The number of hydrogen-bond acceptors (Lipinski definition) is 7. The summed E-state index contributed by atoms with van der Waals surface area (Å²) < 4.78 is 0. The Morgan fingerprint density at radius 1 is 0.211 bits per heavy atom. The van der Waals surface area contributed by atoms with Gasteiger partial charge in [0.1, 0.15) is 0 Å². The molecule has 8 nitrogen and oxygen atoms in total. The standard InChI is InChI=1S/C115H108N6O2/c1-3-5-7-9-11-13-15-17-19-23-42-82-56-60-88(61-57-82)107-98(101-51-30-36-73-117-101)80-95(113(104-54-33-39-76-120-104)110(107)90-62-58-83(59-63-90)43-24-20-18-16-14-12-10-8-6-4-2)84-64-68-89(69-65-84)108-99(102-52-31-37-74-118-102)81-96(92-48-41-49-93(78-92)115(122)123)114(105-55-34-40-77-121-105)111(108)91-70-66-85(67-71-91)94-79-97(100-50-29-35-72-116-100)106(86-44-25-21-26-45-86)109(87-46-27-22-28-47-87)112(94)103-53-32-38-75-119-103/h21-22,25-41,44-81H,3-20,23-24,42-43H2,1-2H3,(H,122,123). The summed E-state index contributed by atoms with van der Waals surface area (Å²) in [6.07, 6.45) is 39.4. The molecule has 0 bridgehead atoms. The molecule has 6 heterocycles. The number of benzene rings is 10. The van der Waals surface area contributed by atoms with Crippen molar-refractivity contribution in [3.05, 3.63) is 363 Å². The van der Waals surface area contributed by atoms with E-state index in [1.165, 1.54) is 133 Å². The van der Waals surface area contributed by atoms with E-state index in [1.807, 2.05) is 97.8 Å². The maximum absolute atomic E-state index is 13.2. The summed E-state index contributed by atoms with van der Waals surface area (Å²) in [6.45, 7) is 4.59. The number of carboxylic acid groups (broad SMARTS) is 1. The second-order valence-electron chi connectivity index (χ2n) is 32.6. The summed E-state index contributed by atoms with van der Waals surface area (Å²) in [5.74, 6) is -1.02. The normalized spacial score (nSPS) is 11.3. The van der Waals surface area contributed by atoms with Crippen molar-refractivity contribution >= 4 is 5.97 Å². The zero-order chi connectivity index (χ0) is 83.7. The molecule has 0 aliphatic carbocycles. The van der Waals surface area contributed by atoms with Gasteiger partial charge in [-0.05, 0) is 223 Å². The molecule has 16 rings (SSSR count). The van der Waals surface area contributed by atoms with Crippen LogP contribution in [-0.2, 0) is 12.8 Å². The second-order valence-corrected chi connectivity index (χ2v) is 32.6. The van der Waals surface area contributed by atoms with Gasteiger partial charge < -0.3 is 5.11 Å². The number of carbonyl (C=O) groups is 1. The SMILES string of the molecule is CCCCCCCCCCCCc1ccc(-c2c(-c3ccccn3)cc(-c3ccc(-c4c(-c5ccccn5)cc(-c5cccc(C(=O)O)c5)c(-c5ccccn5)c4-c4ccc(-c5cc(-c6ccccn6)c(-c6ccccc6)c(-c6ccccc6)c5-c5ccccn5)cc4)cc3)c(-c3ccccn3)c2-c2ccc(CCCCCCCCCCCC)cc2)cc1. The minimum atomic E-state index is -1.02. The van der Waals surface area contributed by atoms with Crippen molar-refractivity contribution in [2.24, 2.45) is 0 Å². The molecular weight excluding hydrogens is 1500 g/mol. The number of nitrogens with zero attached hydrogens (tertiary/aromatic N) is 6. The maximum Gasteiger partial charge on any atom is 0.335 e. The Hall–Kier alpha value is -13.4. The molecule has 16 aromatic rings. The minimum Gasteiger partial charge on any atom is -0.478 e. The first kappa shape index (κ1) is 83.2. The van der Waals surface area contributed by atoms with Crippen LogP contribution in [0.25, 0.3) is 168 Å². The molecule has 0 fully saturated rings. The van der Waals surface area contributed by atoms with E-state index in [-0.39, 0.29) is 5.56 Å². The summed E-state index contributed by atoms with van der Waals surface area (Å²) >= 11 is 0. The first-order valence-electron chi connectivity index (χ1n) is 44.8. The molecular formula is C115H108N6O2. The third kappa shape index (κ3) is 20.0. The van der Waals surface area contributed by atoms with E-state index in [4.69, 9.17) is 29.9 Å². The monoisotopic (exact) mass is 1600 g/mol. The van der Waals surface area contributed by atoms with Gasteiger partial charge in [-0.25, -0.2) is 4.79 Å². The third-order valence-corrected chi connectivity index (χ3v) is 24.2. The van der Waals surface area contributed by atoms with Gasteiger partial charge in [0.2, 0.25) is 0 Å². The van der Waals surface area contributed by atoms with Crippen molar-refractivity contribution < 1.29 is 9.90 Å². The van der Waals surface area contributed by atoms with Crippen molar-refractivity contribution in [1.82, 2.24) is 29.9 Å². The fraction of sp³-hybridized carbons (Fsp3) is 0.209. The molecule has 123 heavy (non-hydrogen) atoms. The molecule has 0 unspecified atom stereocenters. The molecule has 0 amide bonds. The van der Waals surface area contributed by atoms with Gasteiger partial charge >= 0.3 is 5.97 Å². The highest BCUT2D eigenvalue weighted by molar-refractivity contribution is 6.11. The Labute approximate surface area is 727 Å². The van der Waals surface area contributed by atoms with Gasteiger partial charge in [-0.2, -0.15) is 0 Å². The summed E-state index contributed by atoms with van der Waals surface area (Å²) in [7, 11) is 0. The number of pyridine rings is 6. The smallest absolute Gasteiger partial charge is 0.335 e. The van der Waals surface area contributed by atoms with E-state index in [2.05, 4.69) is 250 Å². The third-order valence-electron chi connectivity index (χ3n) is 24.2. The second kappa shape index (κ2) is 41.7. The number of aromatic carboxylic acids is 1. The topological polar surface area (TPSA) is 115 Å². The van der Waals surface area contributed by atoms with Crippen LogP contribution < -0.4 is 0 Å². The van der Waals surface area contributed by atoms with Crippen LogP contribution in [0.2, 0.25) is 0 Å². The Bertz CT molecular complexity index is 6100. The van der Waals surface area contributed by atoms with Crippen LogP contribution in [0.4, 0.5) is 0 Å². The van der Waals surface area contributed by atoms with E-state index in [1.54, 1.807) is 12.1 Å². The van der Waals surface area contributed by atoms with Crippen molar-refractivity contribution in [1.29, 1.82) is 0 Å². The largest absolute Gasteiger partial charge is 0.478 e. The average molecular weight is 1610 g/mol. The fourth-order valence-corrected chi connectivity index (χ4v) is 18.0. The Balaban J connectivity index is 0.890. The number of unbranched alkanes of at least 4 members (excludes halogenated alkanes) is 18. The van der Waals surface area contributed by atoms with Crippen LogP contribution in [0.5, 0.6) is 0 Å². The highest BCUT2D eigenvalue weighted by atomic mass is 16.4. The van der Waals surface area contributed by atoms with Crippen LogP contribution in [0, 0.1) is 0 Å². The van der Waals surface area contributed by atoms with E-state index < -0.39 is 5.97 Å². The molecule has 0 spiro atoms. The number of rotatable bonds is 38. The highest BCUT2D eigenvalue weighted by Gasteiger charge is 2.31. The molecule has 8 heteroatoms. The molecule has 10 aromatic carbocycles. The van der Waals surface area contributed by atoms with Crippen LogP contribution in [0.3, 0.4) is 0 Å². The van der Waals surface area contributed by atoms with Gasteiger partial charge in [0.15, 0.2) is 0 Å². The first-order chi connectivity index (χ1) is 60.9. The quantitative estimate of drug-likeness (QED) is 0.0381. The lowest BCUT2D eigenvalue weighted by molar-refractivity contribution is 0.0696. The molecule has 610 valence electrons. The van der Waals surface area contributed by atoms with Crippen molar-refractivity contribution in [3.8, 4) is 168 Å². The van der Waals surface area contributed by atoms with Gasteiger partial charge in [-0.15, -0.1) is 0 Å². The van der Waals surface area contributed by atoms with Crippen molar-refractivity contribution in [2.45, 2.75) is 155 Å². The van der Waals surface area contributed by atoms with E-state index in [0.29, 0.717) is 5.69 Å². The molecule has 0 saturated carbocycles. The van der Waals surface area contributed by atoms with Crippen molar-refractivity contribution in [2.75, 3.05) is 0 Å². The summed E-state index contributed by atoms with van der Waals surface area (Å²) in [6, 6.07) is 109. The molecule has 0 saturated heterocycles. The molecule has 0 aliphatic rings. The van der Waals surface area contributed by atoms with Gasteiger partial charge in [0.25, 0.3) is 0 Å². The lowest BCUT2D eigenvalue weighted by atomic mass is 9.78. The summed E-state index contributed by atoms with van der Waals surface area (Å²) in [4.78, 5) is 44.5. The predicted octanol–water partition coefficient (Wildman–Crippen LogP) is 31.7. The van der Waals surface area contributed by atoms with Crippen LogP contribution in [-0.4, -0.2) is 41.0 Å². The Morgan fingerprint density at radius 3 is 0.772 bits per heavy atom. The summed E-state index contributed by atoms with van der Waals surface area (Å²) in [5, 5.41) is 10.8. The summed E-state index contributed by atoms with van der Waals surface area (Å²) in [5.41, 5.74) is 31.1. The number of aromatic nitrogens is 6. The van der Waals surface area contributed by atoms with Crippen molar-refractivity contribution in [3.63, 3.8) is 0 Å². The molecule has 0 atom stereocenters. The van der Waals surface area contributed by atoms with Crippen LogP contribution in [0.15, 0.2) is 347 Å². The van der Waals surface area contributed by atoms with E-state index in [9.17, 15) is 9.90 Å². The Kier molecular flexibility index (Phi) is 28.2. The lowest BCUT2D eigenvalue weighted by Gasteiger charge is -2.25. The zero-order valence-corrected chi connectivity index (χ0v) is 71.0. The van der Waals surface area contributed by atoms with Gasteiger partial charge in [-0.3, -0.25) is 29.9 Å². The molecule has 0 radical (unpaired) electrons. The van der Waals surface area contributed by atoms with Gasteiger partial charge in [-0.1, -0.05) is 336 Å². The maximum atomic E-state index is 13.2. The van der Waals surface area contributed by atoms with Crippen LogP contribution in [0.1, 0.15) is 164 Å². The van der Waals surface area contributed by atoms with Gasteiger partial charge in [0.05, 0.1) is 39.7 Å². The van der Waals surface area contributed by atoms with E-state index >= 15 is 0 Å². The number of aryl methyl sites for hydroxylation is 2. The number of hydrogen-bond donors (Lipinski definition) is 1. The lowest BCUT2D eigenvalue weighted by Crippen LogP contribution is -2.02. The number of carboxylic acids is 1. The average Bonchev–Trinajstić information content (AvgIpc) is 0.736. The van der Waals surface area contributed by atoms with Gasteiger partial charge in [0, 0.05) is 87.3 Å². The zero-order valence-electron chi connectivity index (χ0n) is 71.0. The van der Waals surface area contributed by atoms with Crippen LogP contribution >= 0.6 is 0 Å². The Morgan fingerprint density at radius 2 is 0.463 bits per heavy atom.